The second kappa shape index (κ2) is 7.69. The monoisotopic (exact) mass is 465 g/mol. The molecular weight excluding hydrogens is 438 g/mol. The van der Waals surface area contributed by atoms with E-state index in [4.69, 9.17) is 0 Å². The van der Waals surface area contributed by atoms with Gasteiger partial charge in [-0.25, -0.2) is 9.78 Å². The lowest BCUT2D eigenvalue weighted by molar-refractivity contribution is -0.136. The van der Waals surface area contributed by atoms with Gasteiger partial charge in [-0.15, -0.1) is 11.3 Å². The van der Waals surface area contributed by atoms with Crippen LogP contribution in [-0.4, -0.2) is 44.2 Å². The molecule has 1 aliphatic heterocycles. The molecule has 9 heteroatoms. The van der Waals surface area contributed by atoms with Crippen molar-refractivity contribution in [3.05, 3.63) is 42.0 Å². The van der Waals surface area contributed by atoms with E-state index in [1.807, 2.05) is 34.3 Å². The normalized spacial score (nSPS) is 24.5. The highest BCUT2D eigenvalue weighted by molar-refractivity contribution is 7.15. The average molecular weight is 466 g/mol. The molecule has 33 heavy (non-hydrogen) atoms. The molecule has 172 valence electrons. The lowest BCUT2D eigenvalue weighted by Gasteiger charge is -2.43. The van der Waals surface area contributed by atoms with Crippen LogP contribution >= 0.6 is 11.3 Å². The zero-order valence-corrected chi connectivity index (χ0v) is 19.7. The zero-order chi connectivity index (χ0) is 23.4. The molecule has 1 saturated carbocycles. The number of fused-ring (bicyclic) bond motifs is 1. The number of aromatic nitrogens is 2. The molecular formula is C24H27N5O3S. The lowest BCUT2D eigenvalue weighted by Crippen LogP contribution is -2.54. The van der Waals surface area contributed by atoms with Crippen molar-refractivity contribution in [3.63, 3.8) is 0 Å². The Hall–Kier alpha value is -3.20. The van der Waals surface area contributed by atoms with Gasteiger partial charge in [0.05, 0.1) is 5.69 Å². The van der Waals surface area contributed by atoms with Crippen LogP contribution < -0.4 is 10.6 Å². The molecule has 0 radical (unpaired) electrons. The standard InChI is InChI=1S/C24H27N5O3S/c1-15-10-23(2,3)14-24(11-15)20(31)29(21(32)27-24)13-19(30)25-17-6-4-16(5-7-17)18-12-28-8-9-33-22(28)26-18/h4-9,12,15H,10-11,13-14H2,1-3H3,(H,25,30)(H,27,32)/t15-,24-/m1/s1. The van der Waals surface area contributed by atoms with Gasteiger partial charge >= 0.3 is 6.03 Å². The Kier molecular flexibility index (Phi) is 5.04. The largest absolute Gasteiger partial charge is 0.325 e. The number of imidazole rings is 1. The van der Waals surface area contributed by atoms with Crippen LogP contribution in [0, 0.1) is 11.3 Å². The Balaban J connectivity index is 1.25. The fourth-order valence-electron chi connectivity index (χ4n) is 5.58. The average Bonchev–Trinajstić information content (AvgIpc) is 3.37. The van der Waals surface area contributed by atoms with Gasteiger partial charge in [-0.05, 0) is 42.7 Å². The summed E-state index contributed by atoms with van der Waals surface area (Å²) in [5.74, 6) is -0.386. The van der Waals surface area contributed by atoms with Crippen LogP contribution in [0.1, 0.15) is 40.0 Å². The summed E-state index contributed by atoms with van der Waals surface area (Å²) in [5, 5.41) is 7.68. The molecule has 0 unspecified atom stereocenters. The molecule has 1 aromatic carbocycles. The number of carbonyl (C=O) groups excluding carboxylic acids is 3. The minimum atomic E-state index is -0.904. The van der Waals surface area contributed by atoms with Gasteiger partial charge in [-0.1, -0.05) is 32.9 Å². The number of rotatable bonds is 4. The number of benzene rings is 1. The molecule has 2 aliphatic rings. The van der Waals surface area contributed by atoms with Crippen LogP contribution in [0.3, 0.4) is 0 Å². The highest BCUT2D eigenvalue weighted by atomic mass is 32.1. The quantitative estimate of drug-likeness (QED) is 0.566. The Labute approximate surface area is 196 Å². The topological polar surface area (TPSA) is 95.8 Å². The molecule has 3 heterocycles. The highest BCUT2D eigenvalue weighted by Gasteiger charge is 2.56. The smallest absolute Gasteiger partial charge is 0.325 e. The van der Waals surface area contributed by atoms with Crippen molar-refractivity contribution in [1.82, 2.24) is 19.6 Å². The number of hydrogen-bond donors (Lipinski definition) is 2. The summed E-state index contributed by atoms with van der Waals surface area (Å²) >= 11 is 1.57. The maximum Gasteiger partial charge on any atom is 0.325 e. The van der Waals surface area contributed by atoms with E-state index in [2.05, 4.69) is 36.4 Å². The number of amides is 4. The summed E-state index contributed by atoms with van der Waals surface area (Å²) in [4.78, 5) is 45.1. The molecule has 1 aliphatic carbocycles. The summed E-state index contributed by atoms with van der Waals surface area (Å²) < 4.78 is 1.97. The van der Waals surface area contributed by atoms with Crippen molar-refractivity contribution in [2.75, 3.05) is 11.9 Å². The minimum Gasteiger partial charge on any atom is -0.325 e. The van der Waals surface area contributed by atoms with E-state index >= 15 is 0 Å². The van der Waals surface area contributed by atoms with E-state index in [-0.39, 0.29) is 17.9 Å². The van der Waals surface area contributed by atoms with Crippen LogP contribution in [0.4, 0.5) is 10.5 Å². The predicted octanol–water partition coefficient (Wildman–Crippen LogP) is 4.14. The van der Waals surface area contributed by atoms with Crippen molar-refractivity contribution >= 4 is 39.8 Å². The first-order chi connectivity index (χ1) is 15.6. The molecule has 2 fully saturated rings. The number of carbonyl (C=O) groups is 3. The first kappa shape index (κ1) is 21.6. The van der Waals surface area contributed by atoms with Crippen LogP contribution in [0.15, 0.2) is 42.0 Å². The molecule has 4 amide bonds. The van der Waals surface area contributed by atoms with Crippen molar-refractivity contribution in [2.45, 2.75) is 45.6 Å². The third kappa shape index (κ3) is 4.01. The second-order valence-electron chi connectivity index (χ2n) is 10.1. The van der Waals surface area contributed by atoms with Crippen molar-refractivity contribution in [1.29, 1.82) is 0 Å². The molecule has 3 aromatic rings. The third-order valence-electron chi connectivity index (χ3n) is 6.48. The van der Waals surface area contributed by atoms with Gasteiger partial charge in [0, 0.05) is 29.0 Å². The van der Waals surface area contributed by atoms with Crippen LogP contribution in [0.25, 0.3) is 16.2 Å². The molecule has 0 bridgehead atoms. The number of anilines is 1. The van der Waals surface area contributed by atoms with E-state index in [0.717, 1.165) is 27.5 Å². The van der Waals surface area contributed by atoms with E-state index in [0.29, 0.717) is 24.4 Å². The number of hydrogen-bond acceptors (Lipinski definition) is 5. The van der Waals surface area contributed by atoms with Crippen molar-refractivity contribution in [3.8, 4) is 11.3 Å². The Bertz CT molecular complexity index is 1220. The summed E-state index contributed by atoms with van der Waals surface area (Å²) in [6.07, 6.45) is 6.11. The second-order valence-corrected chi connectivity index (χ2v) is 11.0. The van der Waals surface area contributed by atoms with E-state index in [1.165, 1.54) is 0 Å². The van der Waals surface area contributed by atoms with Gasteiger partial charge in [-0.3, -0.25) is 18.9 Å². The van der Waals surface area contributed by atoms with E-state index in [9.17, 15) is 14.4 Å². The fourth-order valence-corrected chi connectivity index (χ4v) is 6.28. The number of imide groups is 1. The third-order valence-corrected chi connectivity index (χ3v) is 7.25. The van der Waals surface area contributed by atoms with Crippen molar-refractivity contribution in [2.24, 2.45) is 11.3 Å². The highest BCUT2D eigenvalue weighted by Crippen LogP contribution is 2.46. The fraction of sp³-hybridized carbons (Fsp3) is 0.417. The number of nitrogens with one attached hydrogen (secondary N) is 2. The van der Waals surface area contributed by atoms with Gasteiger partial charge in [0.25, 0.3) is 5.91 Å². The number of thiazole rings is 1. The Morgan fingerprint density at radius 1 is 1.24 bits per heavy atom. The van der Waals surface area contributed by atoms with Crippen LogP contribution in [0.2, 0.25) is 0 Å². The first-order valence-corrected chi connectivity index (χ1v) is 12.0. The number of nitrogens with zero attached hydrogens (tertiary/aromatic N) is 3. The van der Waals surface area contributed by atoms with Gasteiger partial charge in [0.2, 0.25) is 5.91 Å². The summed E-state index contributed by atoms with van der Waals surface area (Å²) in [6, 6.07) is 6.86. The molecule has 2 atom stereocenters. The first-order valence-electron chi connectivity index (χ1n) is 11.1. The molecule has 5 rings (SSSR count). The maximum atomic E-state index is 13.2. The maximum absolute atomic E-state index is 13.2. The molecule has 8 nitrogen and oxygen atoms in total. The molecule has 1 spiro atoms. The van der Waals surface area contributed by atoms with Gasteiger partial charge in [0.15, 0.2) is 4.96 Å². The van der Waals surface area contributed by atoms with Crippen LogP contribution in [0.5, 0.6) is 0 Å². The van der Waals surface area contributed by atoms with Gasteiger partial charge < -0.3 is 10.6 Å². The lowest BCUT2D eigenvalue weighted by atomic mass is 9.64. The van der Waals surface area contributed by atoms with Crippen molar-refractivity contribution < 1.29 is 14.4 Å². The van der Waals surface area contributed by atoms with Crippen LogP contribution in [-0.2, 0) is 9.59 Å². The molecule has 2 N–H and O–H groups in total. The van der Waals surface area contributed by atoms with Gasteiger partial charge in [0.1, 0.15) is 12.1 Å². The molecule has 2 aromatic heterocycles. The van der Waals surface area contributed by atoms with Gasteiger partial charge in [-0.2, -0.15) is 0 Å². The van der Waals surface area contributed by atoms with E-state index in [1.54, 1.807) is 23.5 Å². The Morgan fingerprint density at radius 3 is 2.70 bits per heavy atom. The number of urea groups is 1. The Morgan fingerprint density at radius 2 is 2.00 bits per heavy atom. The van der Waals surface area contributed by atoms with E-state index < -0.39 is 17.5 Å². The minimum absolute atomic E-state index is 0.0508. The predicted molar refractivity (Wildman–Crippen MR) is 127 cm³/mol. The summed E-state index contributed by atoms with van der Waals surface area (Å²) in [6.45, 7) is 6.04. The molecule has 1 saturated heterocycles. The SMILES string of the molecule is C[C@@H]1CC(C)(C)C[C@@]2(C1)NC(=O)N(CC(=O)Nc1ccc(-c3cn4ccsc4n3)cc1)C2=O. The summed E-state index contributed by atoms with van der Waals surface area (Å²) in [7, 11) is 0. The zero-order valence-electron chi connectivity index (χ0n) is 18.9. The summed E-state index contributed by atoms with van der Waals surface area (Å²) in [5.41, 5.74) is 1.44.